The summed E-state index contributed by atoms with van der Waals surface area (Å²) in [5.41, 5.74) is 2.50. The maximum Gasteiger partial charge on any atom is 0.123 e. The molecule has 0 spiro atoms. The molecule has 1 heterocycles. The number of hydrogen-bond donors (Lipinski definition) is 2. The molecular weight excluding hydrogens is 295 g/mol. The molecule has 1 aromatic heterocycles. The molecule has 0 aliphatic carbocycles. The van der Waals surface area contributed by atoms with E-state index in [-0.39, 0.29) is 18.0 Å². The smallest absolute Gasteiger partial charge is 0.123 e. The molecule has 0 bridgehead atoms. The molecule has 0 fully saturated rings. The molecule has 2 aromatic rings. The Morgan fingerprint density at radius 2 is 1.87 bits per heavy atom. The average molecular weight is 320 g/mol. The second-order valence-corrected chi connectivity index (χ2v) is 6.36. The number of hydrogen-bond acceptors (Lipinski definition) is 4. The van der Waals surface area contributed by atoms with E-state index in [1.807, 2.05) is 13.8 Å². The lowest BCUT2D eigenvalue weighted by atomic mass is 10.1. The van der Waals surface area contributed by atoms with Gasteiger partial charge in [0.25, 0.3) is 0 Å². The number of aliphatic hydroxyl groups is 1. The van der Waals surface area contributed by atoms with Crippen LogP contribution in [0.4, 0.5) is 4.39 Å². The van der Waals surface area contributed by atoms with Gasteiger partial charge in [-0.05, 0) is 50.5 Å². The van der Waals surface area contributed by atoms with Crippen LogP contribution in [0.1, 0.15) is 44.6 Å². The Balaban J connectivity index is 2.05. The highest BCUT2D eigenvalue weighted by Crippen LogP contribution is 2.18. The van der Waals surface area contributed by atoms with Crippen molar-refractivity contribution in [1.29, 1.82) is 0 Å². The van der Waals surface area contributed by atoms with E-state index in [1.165, 1.54) is 12.1 Å². The fourth-order valence-corrected chi connectivity index (χ4v) is 2.61. The summed E-state index contributed by atoms with van der Waals surface area (Å²) in [5.74, 6) is 0.184. The van der Waals surface area contributed by atoms with Gasteiger partial charge in [0.1, 0.15) is 11.5 Å². The van der Waals surface area contributed by atoms with E-state index in [0.29, 0.717) is 12.5 Å². The van der Waals surface area contributed by atoms with Gasteiger partial charge in [-0.2, -0.15) is 0 Å². The van der Waals surface area contributed by atoms with Crippen LogP contribution in [0.15, 0.2) is 24.3 Å². The van der Waals surface area contributed by atoms with Gasteiger partial charge >= 0.3 is 0 Å². The van der Waals surface area contributed by atoms with E-state index in [9.17, 15) is 9.50 Å². The van der Waals surface area contributed by atoms with E-state index in [4.69, 9.17) is 0 Å². The second kappa shape index (κ2) is 7.66. The number of halogens is 1. The Hall–Kier alpha value is -1.79. The summed E-state index contributed by atoms with van der Waals surface area (Å²) in [6, 6.07) is 6.13. The zero-order valence-corrected chi connectivity index (χ0v) is 14.1. The molecule has 6 heteroatoms. The highest BCUT2D eigenvalue weighted by atomic mass is 19.1. The molecule has 126 valence electrons. The summed E-state index contributed by atoms with van der Waals surface area (Å²) in [7, 11) is 0. The molecular formula is C17H25FN4O. The monoisotopic (exact) mass is 320 g/mol. The lowest BCUT2D eigenvalue weighted by Gasteiger charge is -2.17. The summed E-state index contributed by atoms with van der Waals surface area (Å²) < 4.78 is 14.7. The maximum atomic E-state index is 13.0. The third-order valence-electron chi connectivity index (χ3n) is 3.81. The van der Waals surface area contributed by atoms with Gasteiger partial charge in [0, 0.05) is 6.54 Å². The zero-order chi connectivity index (χ0) is 17.0. The molecule has 2 unspecified atom stereocenters. The number of nitrogens with zero attached hydrogens (tertiary/aromatic N) is 3. The Bertz CT molecular complexity index is 624. The number of nitrogens with one attached hydrogen (secondary N) is 1. The van der Waals surface area contributed by atoms with Crippen molar-refractivity contribution >= 4 is 0 Å². The molecule has 2 atom stereocenters. The first-order chi connectivity index (χ1) is 10.9. The van der Waals surface area contributed by atoms with Crippen LogP contribution in [0.3, 0.4) is 0 Å². The fourth-order valence-electron chi connectivity index (χ4n) is 2.61. The van der Waals surface area contributed by atoms with Crippen molar-refractivity contribution in [3.63, 3.8) is 0 Å². The summed E-state index contributed by atoms with van der Waals surface area (Å²) in [6.45, 7) is 8.62. The number of benzene rings is 1. The van der Waals surface area contributed by atoms with E-state index in [2.05, 4.69) is 29.5 Å². The van der Waals surface area contributed by atoms with Crippen LogP contribution in [-0.4, -0.2) is 32.7 Å². The third kappa shape index (κ3) is 4.59. The van der Waals surface area contributed by atoms with E-state index >= 15 is 0 Å². The van der Waals surface area contributed by atoms with Crippen molar-refractivity contribution < 1.29 is 9.50 Å². The number of aliphatic hydroxyl groups excluding tert-OH is 1. The summed E-state index contributed by atoms with van der Waals surface area (Å²) >= 11 is 0. The molecule has 23 heavy (non-hydrogen) atoms. The highest BCUT2D eigenvalue weighted by Gasteiger charge is 2.17. The van der Waals surface area contributed by atoms with Crippen LogP contribution in [-0.2, 0) is 0 Å². The van der Waals surface area contributed by atoms with Crippen molar-refractivity contribution in [3.8, 4) is 5.69 Å². The third-order valence-corrected chi connectivity index (χ3v) is 3.81. The van der Waals surface area contributed by atoms with Crippen LogP contribution in [0, 0.1) is 18.7 Å². The molecule has 2 N–H and O–H groups in total. The van der Waals surface area contributed by atoms with E-state index in [0.717, 1.165) is 23.5 Å². The van der Waals surface area contributed by atoms with Gasteiger partial charge in [0.15, 0.2) is 0 Å². The second-order valence-electron chi connectivity index (χ2n) is 6.36. The number of aromatic nitrogens is 3. The molecule has 0 saturated carbocycles. The normalized spacial score (nSPS) is 14.2. The van der Waals surface area contributed by atoms with Crippen molar-refractivity contribution in [2.45, 2.75) is 46.3 Å². The standard InChI is InChI=1S/C17H25FN4O/c1-11(2)9-16(23)10-19-12(3)17-13(4)22(21-20-17)15-7-5-14(18)6-8-15/h5-8,11-12,16,19,23H,9-10H2,1-4H3. The molecule has 0 radical (unpaired) electrons. The predicted octanol–water partition coefficient (Wildman–Crippen LogP) is 2.77. The van der Waals surface area contributed by atoms with Gasteiger partial charge in [-0.25, -0.2) is 9.07 Å². The minimum Gasteiger partial charge on any atom is -0.392 e. The van der Waals surface area contributed by atoms with Gasteiger partial charge < -0.3 is 10.4 Å². The van der Waals surface area contributed by atoms with E-state index < -0.39 is 0 Å². The number of rotatable bonds is 7. The highest BCUT2D eigenvalue weighted by molar-refractivity contribution is 5.33. The van der Waals surface area contributed by atoms with Gasteiger partial charge in [0.2, 0.25) is 0 Å². The van der Waals surface area contributed by atoms with Crippen molar-refractivity contribution in [2.75, 3.05) is 6.54 Å². The first kappa shape index (κ1) is 17.6. The summed E-state index contributed by atoms with van der Waals surface area (Å²) in [5, 5.41) is 21.6. The van der Waals surface area contributed by atoms with Gasteiger partial charge in [0.05, 0.1) is 23.5 Å². The maximum absolute atomic E-state index is 13.0. The SMILES string of the molecule is Cc1c(C(C)NCC(O)CC(C)C)nnn1-c1ccc(F)cc1. The van der Waals surface area contributed by atoms with Crippen LogP contribution in [0.25, 0.3) is 5.69 Å². The first-order valence-corrected chi connectivity index (χ1v) is 7.98. The summed E-state index contributed by atoms with van der Waals surface area (Å²) in [4.78, 5) is 0. The minimum absolute atomic E-state index is 0.0222. The van der Waals surface area contributed by atoms with Crippen LogP contribution >= 0.6 is 0 Å². The van der Waals surface area contributed by atoms with Crippen LogP contribution < -0.4 is 5.32 Å². The Labute approximate surface area is 136 Å². The molecule has 1 aromatic carbocycles. The van der Waals surface area contributed by atoms with Crippen LogP contribution in [0.2, 0.25) is 0 Å². The first-order valence-electron chi connectivity index (χ1n) is 7.98. The lowest BCUT2D eigenvalue weighted by molar-refractivity contribution is 0.143. The van der Waals surface area contributed by atoms with Crippen molar-refractivity contribution in [1.82, 2.24) is 20.3 Å². The average Bonchev–Trinajstić information content (AvgIpc) is 2.87. The van der Waals surface area contributed by atoms with E-state index in [1.54, 1.807) is 16.8 Å². The quantitative estimate of drug-likeness (QED) is 0.823. The fraction of sp³-hybridized carbons (Fsp3) is 0.529. The minimum atomic E-state index is -0.370. The van der Waals surface area contributed by atoms with Gasteiger partial charge in [-0.15, -0.1) is 5.10 Å². The van der Waals surface area contributed by atoms with Crippen molar-refractivity contribution in [3.05, 3.63) is 41.5 Å². The van der Waals surface area contributed by atoms with Gasteiger partial charge in [-0.1, -0.05) is 19.1 Å². The molecule has 0 aliphatic heterocycles. The Kier molecular flexibility index (Phi) is 5.85. The Morgan fingerprint density at radius 3 is 2.48 bits per heavy atom. The zero-order valence-electron chi connectivity index (χ0n) is 14.1. The predicted molar refractivity (Wildman–Crippen MR) is 87.9 cm³/mol. The molecule has 0 aliphatic rings. The van der Waals surface area contributed by atoms with Crippen molar-refractivity contribution in [2.24, 2.45) is 5.92 Å². The van der Waals surface area contributed by atoms with Crippen LogP contribution in [0.5, 0.6) is 0 Å². The molecule has 5 nitrogen and oxygen atoms in total. The molecule has 2 rings (SSSR count). The molecule has 0 amide bonds. The lowest BCUT2D eigenvalue weighted by Crippen LogP contribution is -2.30. The molecule has 0 saturated heterocycles. The summed E-state index contributed by atoms with van der Waals surface area (Å²) in [6.07, 6.45) is 0.394. The largest absolute Gasteiger partial charge is 0.392 e. The Morgan fingerprint density at radius 1 is 1.22 bits per heavy atom. The van der Waals surface area contributed by atoms with Gasteiger partial charge in [-0.3, -0.25) is 0 Å². The topological polar surface area (TPSA) is 63.0 Å².